The second-order valence-corrected chi connectivity index (χ2v) is 3.87. The van der Waals surface area contributed by atoms with Crippen molar-refractivity contribution >= 4 is 27.1 Å². The van der Waals surface area contributed by atoms with E-state index in [4.69, 9.17) is 15.7 Å². The summed E-state index contributed by atoms with van der Waals surface area (Å²) in [5.41, 5.74) is 6.35. The van der Waals surface area contributed by atoms with Gasteiger partial charge in [0.2, 0.25) is 0 Å². The van der Waals surface area contributed by atoms with Gasteiger partial charge in [-0.25, -0.2) is 0 Å². The number of methoxy groups -OCH3 is 1. The summed E-state index contributed by atoms with van der Waals surface area (Å²) in [7, 11) is 1.61. The zero-order valence-corrected chi connectivity index (χ0v) is 8.39. The highest BCUT2D eigenvalue weighted by molar-refractivity contribution is 7.20. The van der Waals surface area contributed by atoms with Gasteiger partial charge in [0.15, 0.2) is 0 Å². The van der Waals surface area contributed by atoms with Gasteiger partial charge >= 0.3 is 0 Å². The Morgan fingerprint density at radius 2 is 2.29 bits per heavy atom. The summed E-state index contributed by atoms with van der Waals surface area (Å²) >= 11 is 1.39. The van der Waals surface area contributed by atoms with E-state index in [1.807, 2.05) is 18.2 Å². The number of rotatable bonds is 1. The summed E-state index contributed by atoms with van der Waals surface area (Å²) < 4.78 is 6.07. The monoisotopic (exact) mass is 204 g/mol. The predicted molar refractivity (Wildman–Crippen MR) is 57.5 cm³/mol. The topological polar surface area (TPSA) is 59.0 Å². The van der Waals surface area contributed by atoms with Crippen molar-refractivity contribution in [3.8, 4) is 11.8 Å². The van der Waals surface area contributed by atoms with Crippen molar-refractivity contribution in [2.45, 2.75) is 0 Å². The molecule has 0 atom stereocenters. The molecule has 0 aliphatic rings. The lowest BCUT2D eigenvalue weighted by Crippen LogP contribution is -1.85. The molecule has 1 aromatic heterocycles. The molecule has 0 fully saturated rings. The standard InChI is InChI=1S/C10H8N2OS/c1-13-6-2-3-7-8(4-6)14-9(5-11)10(7)12/h2-4H,12H2,1H3. The fraction of sp³-hybridized carbons (Fsp3) is 0.100. The number of fused-ring (bicyclic) bond motifs is 1. The van der Waals surface area contributed by atoms with Gasteiger partial charge in [0.05, 0.1) is 12.8 Å². The number of nitrogens with zero attached hydrogens (tertiary/aromatic N) is 1. The first kappa shape index (κ1) is 8.85. The highest BCUT2D eigenvalue weighted by Gasteiger charge is 2.08. The van der Waals surface area contributed by atoms with Crippen LogP contribution >= 0.6 is 11.3 Å². The lowest BCUT2D eigenvalue weighted by Gasteiger charge is -1.98. The van der Waals surface area contributed by atoms with Crippen LogP contribution in [0.25, 0.3) is 10.1 Å². The maximum Gasteiger partial charge on any atom is 0.129 e. The average molecular weight is 204 g/mol. The molecule has 1 aromatic carbocycles. The van der Waals surface area contributed by atoms with E-state index in [0.29, 0.717) is 10.6 Å². The van der Waals surface area contributed by atoms with Crippen LogP contribution in [0.15, 0.2) is 18.2 Å². The molecule has 0 spiro atoms. The van der Waals surface area contributed by atoms with Crippen LogP contribution in [0.1, 0.15) is 4.88 Å². The number of nitrogen functional groups attached to an aromatic ring is 1. The predicted octanol–water partition coefficient (Wildman–Crippen LogP) is 2.36. The molecule has 0 saturated carbocycles. The Balaban J connectivity index is 2.74. The zero-order valence-electron chi connectivity index (χ0n) is 7.57. The third-order valence-electron chi connectivity index (χ3n) is 2.04. The molecule has 70 valence electrons. The number of thiophene rings is 1. The summed E-state index contributed by atoms with van der Waals surface area (Å²) in [6, 6.07) is 7.68. The largest absolute Gasteiger partial charge is 0.497 e. The van der Waals surface area contributed by atoms with Gasteiger partial charge in [0, 0.05) is 10.1 Å². The molecule has 0 amide bonds. The normalized spacial score (nSPS) is 10.0. The maximum absolute atomic E-state index is 8.80. The van der Waals surface area contributed by atoms with Crippen molar-refractivity contribution in [3.05, 3.63) is 23.1 Å². The summed E-state index contributed by atoms with van der Waals surface area (Å²) in [5, 5.41) is 9.72. The first-order valence-corrected chi connectivity index (χ1v) is 4.84. The van der Waals surface area contributed by atoms with Gasteiger partial charge in [-0.1, -0.05) is 0 Å². The quantitative estimate of drug-likeness (QED) is 0.775. The van der Waals surface area contributed by atoms with E-state index in [2.05, 4.69) is 6.07 Å². The molecule has 0 aliphatic heterocycles. The maximum atomic E-state index is 8.80. The van der Waals surface area contributed by atoms with Crippen molar-refractivity contribution < 1.29 is 4.74 Å². The van der Waals surface area contributed by atoms with Crippen LogP contribution in [0, 0.1) is 11.3 Å². The smallest absolute Gasteiger partial charge is 0.129 e. The number of anilines is 1. The van der Waals surface area contributed by atoms with E-state index in [1.165, 1.54) is 11.3 Å². The minimum Gasteiger partial charge on any atom is -0.497 e. The first-order chi connectivity index (χ1) is 6.76. The van der Waals surface area contributed by atoms with Crippen LogP contribution in [-0.2, 0) is 0 Å². The van der Waals surface area contributed by atoms with Crippen LogP contribution in [0.4, 0.5) is 5.69 Å². The van der Waals surface area contributed by atoms with Gasteiger partial charge in [0.25, 0.3) is 0 Å². The third-order valence-corrected chi connectivity index (χ3v) is 3.11. The van der Waals surface area contributed by atoms with Crippen LogP contribution < -0.4 is 10.5 Å². The van der Waals surface area contributed by atoms with Crippen LogP contribution in [-0.4, -0.2) is 7.11 Å². The number of nitriles is 1. The van der Waals surface area contributed by atoms with Gasteiger partial charge in [-0.3, -0.25) is 0 Å². The third kappa shape index (κ3) is 1.19. The molecule has 14 heavy (non-hydrogen) atoms. The summed E-state index contributed by atoms with van der Waals surface area (Å²) in [6.07, 6.45) is 0. The fourth-order valence-corrected chi connectivity index (χ4v) is 2.26. The highest BCUT2D eigenvalue weighted by atomic mass is 32.1. The van der Waals surface area contributed by atoms with E-state index in [0.717, 1.165) is 15.8 Å². The fourth-order valence-electron chi connectivity index (χ4n) is 1.31. The van der Waals surface area contributed by atoms with Gasteiger partial charge in [-0.2, -0.15) is 5.26 Å². The second kappa shape index (κ2) is 3.20. The Hall–Kier alpha value is -1.73. The molecule has 0 saturated heterocycles. The SMILES string of the molecule is COc1ccc2c(N)c(C#N)sc2c1. The minimum absolute atomic E-state index is 0.563. The summed E-state index contributed by atoms with van der Waals surface area (Å²) in [5.74, 6) is 0.781. The molecule has 2 N–H and O–H groups in total. The Bertz CT molecular complexity index is 525. The number of hydrogen-bond acceptors (Lipinski definition) is 4. The number of benzene rings is 1. The highest BCUT2D eigenvalue weighted by Crippen LogP contribution is 2.34. The van der Waals surface area contributed by atoms with Crippen LogP contribution in [0.5, 0.6) is 5.75 Å². The van der Waals surface area contributed by atoms with Crippen molar-refractivity contribution in [2.75, 3.05) is 12.8 Å². The van der Waals surface area contributed by atoms with E-state index in [1.54, 1.807) is 7.11 Å². The molecular formula is C10H8N2OS. The number of nitrogens with two attached hydrogens (primary N) is 1. The van der Waals surface area contributed by atoms with E-state index < -0.39 is 0 Å². The number of ether oxygens (including phenoxy) is 1. The van der Waals surface area contributed by atoms with Gasteiger partial charge in [-0.15, -0.1) is 11.3 Å². The van der Waals surface area contributed by atoms with Crippen molar-refractivity contribution in [2.24, 2.45) is 0 Å². The van der Waals surface area contributed by atoms with E-state index >= 15 is 0 Å². The van der Waals surface area contributed by atoms with Gasteiger partial charge in [-0.05, 0) is 18.2 Å². The average Bonchev–Trinajstić information content (AvgIpc) is 2.55. The molecule has 0 bridgehead atoms. The van der Waals surface area contributed by atoms with Crippen molar-refractivity contribution in [1.82, 2.24) is 0 Å². The number of hydrogen-bond donors (Lipinski definition) is 1. The molecule has 0 radical (unpaired) electrons. The Kier molecular flexibility index (Phi) is 2.02. The van der Waals surface area contributed by atoms with Crippen LogP contribution in [0.2, 0.25) is 0 Å². The molecule has 3 nitrogen and oxygen atoms in total. The van der Waals surface area contributed by atoms with Crippen molar-refractivity contribution in [1.29, 1.82) is 5.26 Å². The lowest BCUT2D eigenvalue weighted by atomic mass is 10.2. The molecule has 2 rings (SSSR count). The van der Waals surface area contributed by atoms with Crippen LogP contribution in [0.3, 0.4) is 0 Å². The molecule has 4 heteroatoms. The molecule has 2 aromatic rings. The first-order valence-electron chi connectivity index (χ1n) is 4.02. The summed E-state index contributed by atoms with van der Waals surface area (Å²) in [4.78, 5) is 0.563. The van der Waals surface area contributed by atoms with Crippen molar-refractivity contribution in [3.63, 3.8) is 0 Å². The Morgan fingerprint density at radius 1 is 1.50 bits per heavy atom. The lowest BCUT2D eigenvalue weighted by molar-refractivity contribution is 0.415. The molecule has 0 aliphatic carbocycles. The molecule has 0 unspecified atom stereocenters. The Labute approximate surface area is 85.3 Å². The summed E-state index contributed by atoms with van der Waals surface area (Å²) in [6.45, 7) is 0. The molecular weight excluding hydrogens is 196 g/mol. The Morgan fingerprint density at radius 3 is 2.93 bits per heavy atom. The van der Waals surface area contributed by atoms with Gasteiger partial charge in [0.1, 0.15) is 16.7 Å². The minimum atomic E-state index is 0.563. The van der Waals surface area contributed by atoms with Gasteiger partial charge < -0.3 is 10.5 Å². The zero-order chi connectivity index (χ0) is 10.1. The second-order valence-electron chi connectivity index (χ2n) is 2.82. The van der Waals surface area contributed by atoms with E-state index in [9.17, 15) is 0 Å². The van der Waals surface area contributed by atoms with E-state index in [-0.39, 0.29) is 0 Å². The molecule has 1 heterocycles.